The second kappa shape index (κ2) is 4.93. The fraction of sp³-hybridized carbons (Fsp3) is 0.231. The summed E-state index contributed by atoms with van der Waals surface area (Å²) in [6.45, 7) is 0.617. The van der Waals surface area contributed by atoms with E-state index in [4.69, 9.17) is 22.1 Å². The highest BCUT2D eigenvalue weighted by molar-refractivity contribution is 6.32. The number of nitrogens with zero attached hydrogens (tertiary/aromatic N) is 2. The van der Waals surface area contributed by atoms with Crippen molar-refractivity contribution in [2.24, 2.45) is 0 Å². The maximum absolute atomic E-state index is 5.83. The molecular formula is C13H13ClN4O. The maximum Gasteiger partial charge on any atom is 0.157 e. The van der Waals surface area contributed by atoms with Gasteiger partial charge in [-0.15, -0.1) is 0 Å². The van der Waals surface area contributed by atoms with Crippen LogP contribution in [0, 0.1) is 0 Å². The number of halogens is 1. The highest BCUT2D eigenvalue weighted by Gasteiger charge is 2.22. The lowest BCUT2D eigenvalue weighted by molar-refractivity contribution is 0.246. The van der Waals surface area contributed by atoms with E-state index in [1.54, 1.807) is 0 Å². The minimum atomic E-state index is 0.0746. The molecule has 98 valence electrons. The second-order valence-electron chi connectivity index (χ2n) is 4.36. The van der Waals surface area contributed by atoms with Crippen molar-refractivity contribution in [2.75, 3.05) is 17.6 Å². The SMILES string of the molecule is Nc1c(Cl)ncnc1NCC1Cc2ccccc2O1. The van der Waals surface area contributed by atoms with E-state index in [1.165, 1.54) is 11.9 Å². The topological polar surface area (TPSA) is 73.1 Å². The number of nitrogens with two attached hydrogens (primary N) is 1. The van der Waals surface area contributed by atoms with Crippen LogP contribution in [0.4, 0.5) is 11.5 Å². The van der Waals surface area contributed by atoms with Gasteiger partial charge in [-0.25, -0.2) is 9.97 Å². The Kier molecular flexibility index (Phi) is 3.13. The predicted octanol–water partition coefficient (Wildman–Crippen LogP) is 2.13. The van der Waals surface area contributed by atoms with Gasteiger partial charge in [0, 0.05) is 6.42 Å². The highest BCUT2D eigenvalue weighted by atomic mass is 35.5. The van der Waals surface area contributed by atoms with E-state index in [-0.39, 0.29) is 11.3 Å². The third-order valence-corrected chi connectivity index (χ3v) is 3.35. The van der Waals surface area contributed by atoms with Gasteiger partial charge in [-0.2, -0.15) is 0 Å². The van der Waals surface area contributed by atoms with Crippen molar-refractivity contribution in [3.63, 3.8) is 0 Å². The molecular weight excluding hydrogens is 264 g/mol. The number of nitrogen functional groups attached to an aromatic ring is 1. The molecule has 0 spiro atoms. The number of benzene rings is 1. The Morgan fingerprint density at radius 3 is 3.05 bits per heavy atom. The summed E-state index contributed by atoms with van der Waals surface area (Å²) < 4.78 is 5.82. The Labute approximate surface area is 115 Å². The number of hydrogen-bond acceptors (Lipinski definition) is 5. The number of rotatable bonds is 3. The average Bonchev–Trinajstić information content (AvgIpc) is 2.83. The zero-order valence-electron chi connectivity index (χ0n) is 10.1. The summed E-state index contributed by atoms with van der Waals surface area (Å²) in [5.74, 6) is 1.49. The first-order valence-corrected chi connectivity index (χ1v) is 6.36. The van der Waals surface area contributed by atoms with Gasteiger partial charge in [-0.3, -0.25) is 0 Å². The number of anilines is 2. The van der Waals surface area contributed by atoms with Crippen LogP contribution in [0.25, 0.3) is 0 Å². The van der Waals surface area contributed by atoms with E-state index in [9.17, 15) is 0 Å². The average molecular weight is 277 g/mol. The number of fused-ring (bicyclic) bond motifs is 1. The van der Waals surface area contributed by atoms with E-state index in [1.807, 2.05) is 18.2 Å². The van der Waals surface area contributed by atoms with Crippen LogP contribution in [0.3, 0.4) is 0 Å². The molecule has 1 atom stereocenters. The van der Waals surface area contributed by atoms with E-state index in [0.717, 1.165) is 12.2 Å². The van der Waals surface area contributed by atoms with Crippen LogP contribution in [0.1, 0.15) is 5.56 Å². The first-order valence-electron chi connectivity index (χ1n) is 5.98. The first kappa shape index (κ1) is 12.0. The zero-order valence-corrected chi connectivity index (χ0v) is 10.9. The van der Waals surface area contributed by atoms with E-state index >= 15 is 0 Å². The monoisotopic (exact) mass is 276 g/mol. The second-order valence-corrected chi connectivity index (χ2v) is 4.72. The number of para-hydroxylation sites is 1. The standard InChI is InChI=1S/C13H13ClN4O/c14-12-11(15)13(18-7-17-12)16-6-9-5-8-3-1-2-4-10(8)19-9/h1-4,7,9H,5-6,15H2,(H,16,17,18). The Morgan fingerprint density at radius 1 is 1.37 bits per heavy atom. The Balaban J connectivity index is 1.64. The molecule has 1 aliphatic rings. The van der Waals surface area contributed by atoms with Crippen molar-refractivity contribution in [3.05, 3.63) is 41.3 Å². The summed E-state index contributed by atoms with van der Waals surface area (Å²) in [5, 5.41) is 3.40. The normalized spacial score (nSPS) is 16.8. The Hall–Kier alpha value is -2.01. The lowest BCUT2D eigenvalue weighted by Crippen LogP contribution is -2.24. The van der Waals surface area contributed by atoms with Gasteiger partial charge in [-0.05, 0) is 11.6 Å². The summed E-state index contributed by atoms with van der Waals surface area (Å²) in [7, 11) is 0. The minimum absolute atomic E-state index is 0.0746. The molecule has 0 fully saturated rings. The molecule has 2 aromatic rings. The largest absolute Gasteiger partial charge is 0.488 e. The quantitative estimate of drug-likeness (QED) is 0.840. The number of hydrogen-bond donors (Lipinski definition) is 2. The molecule has 0 saturated heterocycles. The Bertz CT molecular complexity index is 580. The van der Waals surface area contributed by atoms with E-state index < -0.39 is 0 Å². The van der Waals surface area contributed by atoms with Crippen LogP contribution in [0.15, 0.2) is 30.6 Å². The van der Waals surface area contributed by atoms with Crippen molar-refractivity contribution < 1.29 is 4.74 Å². The van der Waals surface area contributed by atoms with Gasteiger partial charge >= 0.3 is 0 Å². The zero-order chi connectivity index (χ0) is 13.2. The van der Waals surface area contributed by atoms with Crippen LogP contribution in [-0.2, 0) is 6.42 Å². The van der Waals surface area contributed by atoms with Gasteiger partial charge in [0.15, 0.2) is 11.0 Å². The van der Waals surface area contributed by atoms with Crippen molar-refractivity contribution in [1.82, 2.24) is 9.97 Å². The van der Waals surface area contributed by atoms with Gasteiger partial charge in [0.1, 0.15) is 23.9 Å². The van der Waals surface area contributed by atoms with Crippen LogP contribution in [0.5, 0.6) is 5.75 Å². The highest BCUT2D eigenvalue weighted by Crippen LogP contribution is 2.28. The van der Waals surface area contributed by atoms with Crippen molar-refractivity contribution in [2.45, 2.75) is 12.5 Å². The smallest absolute Gasteiger partial charge is 0.157 e. The molecule has 1 unspecified atom stereocenters. The molecule has 1 aliphatic heterocycles. The molecule has 0 bridgehead atoms. The van der Waals surface area contributed by atoms with Crippen LogP contribution in [0.2, 0.25) is 5.15 Å². The third-order valence-electron chi connectivity index (χ3n) is 3.05. The molecule has 1 aromatic heterocycles. The van der Waals surface area contributed by atoms with Gasteiger partial charge in [0.25, 0.3) is 0 Å². The van der Waals surface area contributed by atoms with Crippen LogP contribution in [-0.4, -0.2) is 22.6 Å². The summed E-state index contributed by atoms with van der Waals surface area (Å²) >= 11 is 5.83. The molecule has 0 saturated carbocycles. The molecule has 1 aromatic carbocycles. The van der Waals surface area contributed by atoms with Gasteiger partial charge in [0.05, 0.1) is 6.54 Å². The molecule has 3 N–H and O–H groups in total. The lowest BCUT2D eigenvalue weighted by atomic mass is 10.1. The summed E-state index contributed by atoms with van der Waals surface area (Å²) in [5.41, 5.74) is 7.38. The molecule has 0 aliphatic carbocycles. The maximum atomic E-state index is 5.83. The lowest BCUT2D eigenvalue weighted by Gasteiger charge is -2.13. The van der Waals surface area contributed by atoms with Gasteiger partial charge < -0.3 is 15.8 Å². The molecule has 5 nitrogen and oxygen atoms in total. The van der Waals surface area contributed by atoms with Gasteiger partial charge in [0.2, 0.25) is 0 Å². The summed E-state index contributed by atoms with van der Waals surface area (Å²) in [6, 6.07) is 8.04. The predicted molar refractivity (Wildman–Crippen MR) is 74.5 cm³/mol. The summed E-state index contributed by atoms with van der Waals surface area (Å²) in [6.07, 6.45) is 2.33. The molecule has 6 heteroatoms. The first-order chi connectivity index (χ1) is 9.24. The molecule has 3 rings (SSSR count). The van der Waals surface area contributed by atoms with Crippen molar-refractivity contribution >= 4 is 23.1 Å². The molecule has 0 radical (unpaired) electrons. The Morgan fingerprint density at radius 2 is 2.21 bits per heavy atom. The van der Waals surface area contributed by atoms with Crippen molar-refractivity contribution in [1.29, 1.82) is 0 Å². The van der Waals surface area contributed by atoms with E-state index in [2.05, 4.69) is 21.4 Å². The van der Waals surface area contributed by atoms with Crippen molar-refractivity contribution in [3.8, 4) is 5.75 Å². The molecule has 0 amide bonds. The third kappa shape index (κ3) is 2.42. The van der Waals surface area contributed by atoms with Crippen LogP contribution >= 0.6 is 11.6 Å². The van der Waals surface area contributed by atoms with Gasteiger partial charge in [-0.1, -0.05) is 29.8 Å². The fourth-order valence-electron chi connectivity index (χ4n) is 2.09. The summed E-state index contributed by atoms with van der Waals surface area (Å²) in [4.78, 5) is 7.87. The van der Waals surface area contributed by atoms with E-state index in [0.29, 0.717) is 18.1 Å². The number of nitrogens with one attached hydrogen (secondary N) is 1. The number of aromatic nitrogens is 2. The molecule has 19 heavy (non-hydrogen) atoms. The van der Waals surface area contributed by atoms with Crippen LogP contribution < -0.4 is 15.8 Å². The molecule has 2 heterocycles. The minimum Gasteiger partial charge on any atom is -0.488 e. The number of ether oxygens (including phenoxy) is 1. The fourth-order valence-corrected chi connectivity index (χ4v) is 2.23.